The molecule has 0 saturated carbocycles. The van der Waals surface area contributed by atoms with Crippen molar-refractivity contribution in [1.29, 1.82) is 0 Å². The van der Waals surface area contributed by atoms with E-state index < -0.39 is 0 Å². The monoisotopic (exact) mass is 248 g/mol. The third kappa shape index (κ3) is 2.07. The molecule has 1 saturated heterocycles. The smallest absolute Gasteiger partial charge is 0.244 e. The Morgan fingerprint density at radius 3 is 3.12 bits per heavy atom. The normalized spacial score (nSPS) is 23.5. The number of para-hydroxylation sites is 1. The second kappa shape index (κ2) is 4.70. The Bertz CT molecular complexity index is 429. The number of carbonyl (C=O) groups excluding carboxylic acids is 1. The fourth-order valence-electron chi connectivity index (χ4n) is 2.48. The van der Waals surface area contributed by atoms with Crippen LogP contribution >= 0.6 is 11.8 Å². The zero-order chi connectivity index (χ0) is 11.7. The van der Waals surface area contributed by atoms with E-state index in [0.717, 1.165) is 36.7 Å². The Morgan fingerprint density at radius 1 is 1.41 bits per heavy atom. The minimum atomic E-state index is -0.0000869. The first kappa shape index (κ1) is 11.1. The first-order valence-electron chi connectivity index (χ1n) is 6.06. The van der Waals surface area contributed by atoms with E-state index in [1.165, 1.54) is 5.56 Å². The highest BCUT2D eigenvalue weighted by Gasteiger charge is 2.30. The molecule has 17 heavy (non-hydrogen) atoms. The quantitative estimate of drug-likeness (QED) is 0.812. The first-order chi connectivity index (χ1) is 8.36. The molecular formula is C13H16N2OS. The molecule has 1 atom stereocenters. The Kier molecular flexibility index (Phi) is 3.07. The zero-order valence-corrected chi connectivity index (χ0v) is 10.5. The van der Waals surface area contributed by atoms with E-state index in [2.05, 4.69) is 17.4 Å². The highest BCUT2D eigenvalue weighted by Crippen LogP contribution is 2.28. The van der Waals surface area contributed by atoms with Crippen LogP contribution in [0.15, 0.2) is 24.3 Å². The van der Waals surface area contributed by atoms with Gasteiger partial charge in [-0.1, -0.05) is 18.2 Å². The summed E-state index contributed by atoms with van der Waals surface area (Å²) < 4.78 is 0. The lowest BCUT2D eigenvalue weighted by atomic mass is 10.2. The molecule has 2 aliphatic heterocycles. The molecule has 0 aliphatic carbocycles. The number of hydrogen-bond acceptors (Lipinski definition) is 3. The van der Waals surface area contributed by atoms with Crippen LogP contribution < -0.4 is 10.2 Å². The topological polar surface area (TPSA) is 32.3 Å². The number of thioether (sulfide) groups is 1. The Hall–Kier alpha value is -1.00. The number of hydrogen-bond donors (Lipinski definition) is 1. The van der Waals surface area contributed by atoms with Gasteiger partial charge in [-0.2, -0.15) is 11.8 Å². The van der Waals surface area contributed by atoms with Crippen molar-refractivity contribution in [3.63, 3.8) is 0 Å². The molecule has 0 aromatic heterocycles. The molecule has 0 bridgehead atoms. The van der Waals surface area contributed by atoms with Crippen molar-refractivity contribution in [2.24, 2.45) is 0 Å². The van der Waals surface area contributed by atoms with Crippen molar-refractivity contribution in [2.75, 3.05) is 29.5 Å². The van der Waals surface area contributed by atoms with Gasteiger partial charge in [-0.3, -0.25) is 4.79 Å². The van der Waals surface area contributed by atoms with Crippen molar-refractivity contribution in [1.82, 2.24) is 5.32 Å². The summed E-state index contributed by atoms with van der Waals surface area (Å²) >= 11 is 1.86. The molecule has 4 heteroatoms. The van der Waals surface area contributed by atoms with Crippen LogP contribution in [0.2, 0.25) is 0 Å². The van der Waals surface area contributed by atoms with E-state index in [4.69, 9.17) is 0 Å². The predicted octanol–water partition coefficient (Wildman–Crippen LogP) is 1.28. The fourth-order valence-corrected chi connectivity index (χ4v) is 3.40. The highest BCUT2D eigenvalue weighted by molar-refractivity contribution is 7.99. The zero-order valence-electron chi connectivity index (χ0n) is 9.69. The SMILES string of the molecule is O=C(C1CSCCN1)N1CCc2ccccc21. The molecule has 1 amide bonds. The summed E-state index contributed by atoms with van der Waals surface area (Å²) in [6.07, 6.45) is 0.988. The summed E-state index contributed by atoms with van der Waals surface area (Å²) in [7, 11) is 0. The van der Waals surface area contributed by atoms with Gasteiger partial charge in [0.15, 0.2) is 0 Å². The fraction of sp³-hybridized carbons (Fsp3) is 0.462. The first-order valence-corrected chi connectivity index (χ1v) is 7.22. The van der Waals surface area contributed by atoms with Crippen molar-refractivity contribution in [3.8, 4) is 0 Å². The molecule has 2 aliphatic rings. The van der Waals surface area contributed by atoms with Crippen LogP contribution in [0.1, 0.15) is 5.56 Å². The molecule has 2 heterocycles. The van der Waals surface area contributed by atoms with E-state index in [0.29, 0.717) is 0 Å². The molecule has 1 unspecified atom stereocenters. The third-order valence-electron chi connectivity index (χ3n) is 3.37. The Morgan fingerprint density at radius 2 is 2.29 bits per heavy atom. The summed E-state index contributed by atoms with van der Waals surface area (Å²) in [5, 5.41) is 3.31. The maximum absolute atomic E-state index is 12.4. The van der Waals surface area contributed by atoms with Crippen molar-refractivity contribution < 1.29 is 4.79 Å². The molecule has 3 nitrogen and oxygen atoms in total. The number of rotatable bonds is 1. The number of fused-ring (bicyclic) bond motifs is 1. The van der Waals surface area contributed by atoms with Crippen molar-refractivity contribution in [3.05, 3.63) is 29.8 Å². The molecule has 1 N–H and O–H groups in total. The summed E-state index contributed by atoms with van der Waals surface area (Å²) in [4.78, 5) is 14.4. The van der Waals surface area contributed by atoms with Gasteiger partial charge in [0.25, 0.3) is 0 Å². The molecule has 0 spiro atoms. The third-order valence-corrected chi connectivity index (χ3v) is 4.43. The van der Waals surface area contributed by atoms with Gasteiger partial charge in [-0.05, 0) is 18.1 Å². The van der Waals surface area contributed by atoms with Crippen molar-refractivity contribution in [2.45, 2.75) is 12.5 Å². The van der Waals surface area contributed by atoms with Crippen LogP contribution in [0.4, 0.5) is 5.69 Å². The Labute approximate surface area is 106 Å². The summed E-state index contributed by atoms with van der Waals surface area (Å²) in [5.74, 6) is 2.25. The van der Waals surface area contributed by atoms with Crippen LogP contribution in [-0.4, -0.2) is 36.5 Å². The van der Waals surface area contributed by atoms with Crippen LogP contribution in [0.5, 0.6) is 0 Å². The maximum atomic E-state index is 12.4. The second-order valence-corrected chi connectivity index (χ2v) is 5.60. The molecule has 90 valence electrons. The minimum absolute atomic E-state index is 0.0000869. The largest absolute Gasteiger partial charge is 0.310 e. The summed E-state index contributed by atoms with van der Waals surface area (Å²) in [6.45, 7) is 1.78. The van der Waals surface area contributed by atoms with Crippen LogP contribution in [0, 0.1) is 0 Å². The Balaban J connectivity index is 1.79. The average Bonchev–Trinajstić information content (AvgIpc) is 2.83. The number of carbonyl (C=O) groups is 1. The lowest BCUT2D eigenvalue weighted by Gasteiger charge is -2.27. The summed E-state index contributed by atoms with van der Waals surface area (Å²) in [6, 6.07) is 8.22. The minimum Gasteiger partial charge on any atom is -0.310 e. The lowest BCUT2D eigenvalue weighted by Crippen LogP contribution is -2.50. The highest BCUT2D eigenvalue weighted by atomic mass is 32.2. The van der Waals surface area contributed by atoms with Gasteiger partial charge in [0.05, 0.1) is 6.04 Å². The number of amides is 1. The van der Waals surface area contributed by atoms with Gasteiger partial charge in [0.1, 0.15) is 0 Å². The molecular weight excluding hydrogens is 232 g/mol. The molecule has 1 aromatic carbocycles. The summed E-state index contributed by atoms with van der Waals surface area (Å²) in [5.41, 5.74) is 2.40. The van der Waals surface area contributed by atoms with Gasteiger partial charge in [0.2, 0.25) is 5.91 Å². The molecule has 1 aromatic rings. The van der Waals surface area contributed by atoms with Crippen LogP contribution in [-0.2, 0) is 11.2 Å². The number of benzene rings is 1. The van der Waals surface area contributed by atoms with Gasteiger partial charge in [0, 0.05) is 30.3 Å². The predicted molar refractivity (Wildman–Crippen MR) is 71.6 cm³/mol. The van der Waals surface area contributed by atoms with E-state index in [1.807, 2.05) is 28.8 Å². The van der Waals surface area contributed by atoms with Gasteiger partial charge in [-0.15, -0.1) is 0 Å². The molecule has 3 rings (SSSR count). The number of nitrogens with one attached hydrogen (secondary N) is 1. The van der Waals surface area contributed by atoms with Gasteiger partial charge in [-0.25, -0.2) is 0 Å². The lowest BCUT2D eigenvalue weighted by molar-refractivity contribution is -0.120. The van der Waals surface area contributed by atoms with E-state index in [9.17, 15) is 4.79 Å². The average molecular weight is 248 g/mol. The van der Waals surface area contributed by atoms with E-state index >= 15 is 0 Å². The van der Waals surface area contributed by atoms with E-state index in [1.54, 1.807) is 0 Å². The van der Waals surface area contributed by atoms with Gasteiger partial charge >= 0.3 is 0 Å². The maximum Gasteiger partial charge on any atom is 0.244 e. The van der Waals surface area contributed by atoms with Crippen molar-refractivity contribution >= 4 is 23.4 Å². The van der Waals surface area contributed by atoms with Crippen LogP contribution in [0.25, 0.3) is 0 Å². The molecule has 1 fully saturated rings. The second-order valence-electron chi connectivity index (χ2n) is 4.45. The number of anilines is 1. The number of nitrogens with zero attached hydrogens (tertiary/aromatic N) is 1. The molecule has 0 radical (unpaired) electrons. The van der Waals surface area contributed by atoms with Crippen LogP contribution in [0.3, 0.4) is 0 Å². The van der Waals surface area contributed by atoms with E-state index in [-0.39, 0.29) is 11.9 Å². The van der Waals surface area contributed by atoms with Gasteiger partial charge < -0.3 is 10.2 Å². The standard InChI is InChI=1S/C13H16N2OS/c16-13(11-9-17-8-6-14-11)15-7-5-10-3-1-2-4-12(10)15/h1-4,11,14H,5-9H2.